The quantitative estimate of drug-likeness (QED) is 0.304. The van der Waals surface area contributed by atoms with Crippen LogP contribution >= 0.6 is 0 Å². The van der Waals surface area contributed by atoms with E-state index in [2.05, 4.69) is 0 Å². The van der Waals surface area contributed by atoms with Gasteiger partial charge in [-0.1, -0.05) is 66.7 Å². The van der Waals surface area contributed by atoms with Crippen LogP contribution in [0.15, 0.2) is 84.4 Å². The van der Waals surface area contributed by atoms with Crippen molar-refractivity contribution in [3.05, 3.63) is 112 Å². The molecule has 0 heterocycles. The van der Waals surface area contributed by atoms with Gasteiger partial charge in [0.05, 0.1) is 5.56 Å². The molecule has 3 aromatic rings. The van der Waals surface area contributed by atoms with Crippen molar-refractivity contribution < 1.29 is 22.8 Å². The number of rotatable bonds is 5. The summed E-state index contributed by atoms with van der Waals surface area (Å²) in [6.45, 7) is 1.57. The number of carbonyl (C=O) groups is 2. The van der Waals surface area contributed by atoms with Crippen LogP contribution < -0.4 is 0 Å². The highest BCUT2D eigenvalue weighted by molar-refractivity contribution is 6.13. The van der Waals surface area contributed by atoms with Gasteiger partial charge in [-0.2, -0.15) is 13.2 Å². The minimum atomic E-state index is -4.60. The Morgan fingerprint density at radius 2 is 1.34 bits per heavy atom. The Morgan fingerprint density at radius 1 is 0.793 bits per heavy atom. The number of allylic oxidation sites excluding steroid dienone is 1. The minimum absolute atomic E-state index is 0.105. The second-order valence-electron chi connectivity index (χ2n) is 6.50. The predicted octanol–water partition coefficient (Wildman–Crippen LogP) is 5.96. The summed E-state index contributed by atoms with van der Waals surface area (Å²) in [5.74, 6) is -0.543. The van der Waals surface area contributed by atoms with Gasteiger partial charge in [0, 0.05) is 11.1 Å². The van der Waals surface area contributed by atoms with E-state index in [1.54, 1.807) is 67.6 Å². The fourth-order valence-electron chi connectivity index (χ4n) is 3.13. The van der Waals surface area contributed by atoms with Crippen molar-refractivity contribution in [1.82, 2.24) is 0 Å². The molecule has 29 heavy (non-hydrogen) atoms. The first kappa shape index (κ1) is 20.3. The molecule has 5 heteroatoms. The Kier molecular flexibility index (Phi) is 5.78. The third kappa shape index (κ3) is 4.35. The van der Waals surface area contributed by atoms with E-state index in [4.69, 9.17) is 0 Å². The molecule has 0 aliphatic heterocycles. The zero-order valence-electron chi connectivity index (χ0n) is 15.5. The van der Waals surface area contributed by atoms with Gasteiger partial charge in [-0.05, 0) is 41.3 Å². The maximum Gasteiger partial charge on any atom is 0.416 e. The zero-order valence-corrected chi connectivity index (χ0v) is 15.5. The van der Waals surface area contributed by atoms with Gasteiger partial charge in [-0.3, -0.25) is 9.59 Å². The molecule has 2 nitrogen and oxygen atoms in total. The van der Waals surface area contributed by atoms with Crippen LogP contribution in [0, 0.1) is 0 Å². The number of halogens is 3. The number of hydrogen-bond donors (Lipinski definition) is 0. The lowest BCUT2D eigenvalue weighted by Gasteiger charge is -2.17. The van der Waals surface area contributed by atoms with Gasteiger partial charge < -0.3 is 0 Å². The lowest BCUT2D eigenvalue weighted by atomic mass is 9.87. The molecule has 0 radical (unpaired) electrons. The smallest absolute Gasteiger partial charge is 0.298 e. The molecule has 0 amide bonds. The summed E-state index contributed by atoms with van der Waals surface area (Å²) in [4.78, 5) is 24.7. The van der Waals surface area contributed by atoms with E-state index < -0.39 is 17.5 Å². The first-order chi connectivity index (χ1) is 13.8. The van der Waals surface area contributed by atoms with Crippen molar-refractivity contribution in [3.63, 3.8) is 0 Å². The van der Waals surface area contributed by atoms with E-state index in [-0.39, 0.29) is 16.7 Å². The largest absolute Gasteiger partial charge is 0.416 e. The molecule has 0 bridgehead atoms. The zero-order chi connectivity index (χ0) is 21.0. The Hall–Kier alpha value is -3.47. The Labute approximate surface area is 166 Å². The molecule has 0 fully saturated rings. The first-order valence-electron chi connectivity index (χ1n) is 8.85. The SMILES string of the molecule is C/C(C=O)=C(/c1ccccc1)c1ccc(C(F)(F)F)cc1C(=O)c1ccccc1. The summed E-state index contributed by atoms with van der Waals surface area (Å²) in [5, 5.41) is 0. The third-order valence-corrected chi connectivity index (χ3v) is 4.53. The maximum absolute atomic E-state index is 13.3. The summed E-state index contributed by atoms with van der Waals surface area (Å²) in [6, 6.07) is 19.9. The highest BCUT2D eigenvalue weighted by Crippen LogP contribution is 2.35. The van der Waals surface area contributed by atoms with Gasteiger partial charge in [-0.25, -0.2) is 0 Å². The molecule has 146 valence electrons. The molecule has 0 saturated heterocycles. The molecule has 3 rings (SSSR count). The van der Waals surface area contributed by atoms with Gasteiger partial charge in [0.2, 0.25) is 0 Å². The van der Waals surface area contributed by atoms with Crippen molar-refractivity contribution in [1.29, 1.82) is 0 Å². The van der Waals surface area contributed by atoms with Crippen molar-refractivity contribution in [3.8, 4) is 0 Å². The lowest BCUT2D eigenvalue weighted by molar-refractivity contribution is -0.137. The van der Waals surface area contributed by atoms with Crippen LogP contribution in [0.5, 0.6) is 0 Å². The van der Waals surface area contributed by atoms with Crippen LogP contribution in [-0.2, 0) is 11.0 Å². The molecule has 0 aliphatic rings. The Morgan fingerprint density at radius 3 is 1.86 bits per heavy atom. The van der Waals surface area contributed by atoms with E-state index in [1.165, 1.54) is 6.07 Å². The monoisotopic (exact) mass is 394 g/mol. The van der Waals surface area contributed by atoms with Crippen LogP contribution in [0.3, 0.4) is 0 Å². The second kappa shape index (κ2) is 8.27. The van der Waals surface area contributed by atoms with Gasteiger partial charge in [0.15, 0.2) is 5.78 Å². The number of carbonyl (C=O) groups excluding carboxylic acids is 2. The minimum Gasteiger partial charge on any atom is -0.298 e. The summed E-state index contributed by atoms with van der Waals surface area (Å²) >= 11 is 0. The molecule has 3 aromatic carbocycles. The van der Waals surface area contributed by atoms with E-state index >= 15 is 0 Å². The Balaban J connectivity index is 2.30. The topological polar surface area (TPSA) is 34.1 Å². The fourth-order valence-corrected chi connectivity index (χ4v) is 3.13. The van der Waals surface area contributed by atoms with Crippen LogP contribution in [-0.4, -0.2) is 12.1 Å². The van der Waals surface area contributed by atoms with Crippen molar-refractivity contribution in [2.75, 3.05) is 0 Å². The summed E-state index contributed by atoms with van der Waals surface area (Å²) in [5.41, 5.74) is 0.903. The number of ketones is 1. The molecule has 0 N–H and O–H groups in total. The van der Waals surface area contributed by atoms with Crippen molar-refractivity contribution >= 4 is 17.6 Å². The number of benzene rings is 3. The van der Waals surface area contributed by atoms with Gasteiger partial charge in [0.25, 0.3) is 0 Å². The first-order valence-corrected chi connectivity index (χ1v) is 8.85. The van der Waals surface area contributed by atoms with Crippen molar-refractivity contribution in [2.45, 2.75) is 13.1 Å². The van der Waals surface area contributed by atoms with Gasteiger partial charge in [-0.15, -0.1) is 0 Å². The molecular formula is C24H17F3O2. The average Bonchev–Trinajstić information content (AvgIpc) is 2.74. The van der Waals surface area contributed by atoms with E-state index in [0.717, 1.165) is 12.1 Å². The highest BCUT2D eigenvalue weighted by atomic mass is 19.4. The Bertz CT molecular complexity index is 1070. The van der Waals surface area contributed by atoms with Gasteiger partial charge >= 0.3 is 6.18 Å². The second-order valence-corrected chi connectivity index (χ2v) is 6.50. The summed E-state index contributed by atoms with van der Waals surface area (Å²) in [7, 11) is 0. The normalized spacial score (nSPS) is 12.3. The maximum atomic E-state index is 13.3. The lowest BCUT2D eigenvalue weighted by Crippen LogP contribution is -2.11. The third-order valence-electron chi connectivity index (χ3n) is 4.53. The molecule has 0 saturated carbocycles. The molecule has 0 atom stereocenters. The molecule has 0 spiro atoms. The molecule has 0 aliphatic carbocycles. The standard InChI is InChI=1S/C24H17F3O2/c1-16(15-28)22(17-8-4-2-5-9-17)20-13-12-19(24(25,26)27)14-21(20)23(29)18-10-6-3-7-11-18/h2-15H,1H3/b22-16+. The van der Waals surface area contributed by atoms with E-state index in [0.29, 0.717) is 23.0 Å². The fraction of sp³-hybridized carbons (Fsp3) is 0.0833. The molecular weight excluding hydrogens is 377 g/mol. The van der Waals surface area contributed by atoms with E-state index in [9.17, 15) is 22.8 Å². The van der Waals surface area contributed by atoms with E-state index in [1.807, 2.05) is 0 Å². The average molecular weight is 394 g/mol. The highest BCUT2D eigenvalue weighted by Gasteiger charge is 2.32. The summed E-state index contributed by atoms with van der Waals surface area (Å²) in [6.07, 6.45) is -3.96. The van der Waals surface area contributed by atoms with Crippen LogP contribution in [0.25, 0.3) is 5.57 Å². The summed E-state index contributed by atoms with van der Waals surface area (Å²) < 4.78 is 40.0. The van der Waals surface area contributed by atoms with Gasteiger partial charge in [0.1, 0.15) is 6.29 Å². The number of aldehydes is 1. The van der Waals surface area contributed by atoms with Crippen LogP contribution in [0.4, 0.5) is 13.2 Å². The van der Waals surface area contributed by atoms with Crippen LogP contribution in [0.1, 0.15) is 39.5 Å². The molecule has 0 unspecified atom stereocenters. The van der Waals surface area contributed by atoms with Crippen LogP contribution in [0.2, 0.25) is 0 Å². The van der Waals surface area contributed by atoms with Crippen molar-refractivity contribution in [2.24, 2.45) is 0 Å². The predicted molar refractivity (Wildman–Crippen MR) is 106 cm³/mol. The molecule has 0 aromatic heterocycles. The number of hydrogen-bond acceptors (Lipinski definition) is 2. The number of alkyl halides is 3.